The number of carbonyl (C=O) groups is 1. The molecule has 1 aliphatic heterocycles. The summed E-state index contributed by atoms with van der Waals surface area (Å²) in [5.41, 5.74) is 2.57. The number of benzene rings is 2. The lowest BCUT2D eigenvalue weighted by molar-refractivity contribution is -0.144. The first-order valence-corrected chi connectivity index (χ1v) is 13.2. The van der Waals surface area contributed by atoms with Crippen LogP contribution in [-0.2, 0) is 21.4 Å². The molecule has 2 N–H and O–H groups in total. The minimum Gasteiger partial charge on any atom is -0.785 e. The van der Waals surface area contributed by atoms with Gasteiger partial charge in [-0.05, 0) is 69.7 Å². The molecule has 1 saturated heterocycles. The molecule has 0 radical (unpaired) electrons. The molecule has 2 aromatic carbocycles. The number of aromatic hydroxyl groups is 1. The van der Waals surface area contributed by atoms with Crippen LogP contribution in [0.3, 0.4) is 0 Å². The van der Waals surface area contributed by atoms with E-state index in [0.717, 1.165) is 27.2 Å². The lowest BCUT2D eigenvalue weighted by atomic mass is 9.84. The molecule has 38 heavy (non-hydrogen) atoms. The van der Waals surface area contributed by atoms with Gasteiger partial charge >= 0.3 is 5.97 Å². The normalized spacial score (nSPS) is 19.5. The van der Waals surface area contributed by atoms with Gasteiger partial charge in [0.15, 0.2) is 0 Å². The van der Waals surface area contributed by atoms with Gasteiger partial charge in [-0.25, -0.2) is 0 Å². The Morgan fingerprint density at radius 2 is 1.79 bits per heavy atom. The third kappa shape index (κ3) is 6.17. The van der Waals surface area contributed by atoms with E-state index in [1.165, 1.54) is 4.80 Å². The summed E-state index contributed by atoms with van der Waals surface area (Å²) in [6.45, 7) is 14.7. The van der Waals surface area contributed by atoms with Gasteiger partial charge in [0.2, 0.25) is 0 Å². The van der Waals surface area contributed by atoms with Crippen molar-refractivity contribution in [1.82, 2.24) is 25.4 Å². The molecular weight excluding hydrogens is 482 g/mol. The van der Waals surface area contributed by atoms with Gasteiger partial charge in [0.1, 0.15) is 22.5 Å². The molecule has 1 fully saturated rings. The number of carbonyl (C=O) groups excluding carboxylic acids is 1. The number of hydroxylamine groups is 2. The summed E-state index contributed by atoms with van der Waals surface area (Å²) in [5.74, 6) is -0.197. The van der Waals surface area contributed by atoms with Gasteiger partial charge in [0.05, 0.1) is 6.61 Å². The fourth-order valence-electron chi connectivity index (χ4n) is 5.48. The monoisotopic (exact) mass is 522 g/mol. The van der Waals surface area contributed by atoms with Crippen LogP contribution in [-0.4, -0.2) is 61.4 Å². The summed E-state index contributed by atoms with van der Waals surface area (Å²) < 4.78 is 5.52. The zero-order chi connectivity index (χ0) is 27.9. The number of fused-ring (bicyclic) bond motifs is 1. The van der Waals surface area contributed by atoms with Gasteiger partial charge in [-0.1, -0.05) is 39.0 Å². The fourth-order valence-corrected chi connectivity index (χ4v) is 5.48. The minimum atomic E-state index is -0.396. The molecule has 1 aromatic heterocycles. The average molecular weight is 523 g/mol. The van der Waals surface area contributed by atoms with Gasteiger partial charge in [-0.3, -0.25) is 4.79 Å². The summed E-state index contributed by atoms with van der Waals surface area (Å²) in [5, 5.41) is 37.5. The number of nitrogens with zero attached hydrogens (tertiary/aromatic N) is 4. The highest BCUT2D eigenvalue weighted by atomic mass is 16.5. The van der Waals surface area contributed by atoms with Crippen molar-refractivity contribution in [3.8, 4) is 11.4 Å². The quantitative estimate of drug-likeness (QED) is 0.432. The highest BCUT2D eigenvalue weighted by Gasteiger charge is 2.40. The van der Waals surface area contributed by atoms with Crippen LogP contribution in [0.2, 0.25) is 0 Å². The van der Waals surface area contributed by atoms with E-state index in [1.54, 1.807) is 0 Å². The molecule has 0 amide bonds. The van der Waals surface area contributed by atoms with Crippen molar-refractivity contribution in [3.63, 3.8) is 0 Å². The molecular formula is C29H40N5O4-. The molecule has 0 saturated carbocycles. The molecule has 9 nitrogen and oxygen atoms in total. The Balaban J connectivity index is 1.44. The molecule has 3 aromatic rings. The number of nitrogens with one attached hydrogen (secondary N) is 1. The summed E-state index contributed by atoms with van der Waals surface area (Å²) in [6, 6.07) is 11.0. The first-order chi connectivity index (χ1) is 17.7. The van der Waals surface area contributed by atoms with E-state index in [1.807, 2.05) is 84.9 Å². The van der Waals surface area contributed by atoms with Crippen LogP contribution in [0.5, 0.6) is 5.75 Å². The number of esters is 1. The maximum atomic E-state index is 12.7. The first-order valence-electron chi connectivity index (χ1n) is 13.2. The number of piperazine rings is 1. The van der Waals surface area contributed by atoms with E-state index in [4.69, 9.17) is 4.74 Å². The molecule has 0 aliphatic carbocycles. The molecule has 9 heteroatoms. The second kappa shape index (κ2) is 10.3. The molecule has 4 rings (SSSR count). The third-order valence-corrected chi connectivity index (χ3v) is 7.12. The van der Waals surface area contributed by atoms with Gasteiger partial charge in [-0.2, -0.15) is 0 Å². The van der Waals surface area contributed by atoms with Crippen LogP contribution in [0.1, 0.15) is 72.4 Å². The van der Waals surface area contributed by atoms with Gasteiger partial charge in [0.25, 0.3) is 0 Å². The maximum Gasteiger partial charge on any atom is 0.306 e. The van der Waals surface area contributed by atoms with E-state index in [0.29, 0.717) is 25.1 Å². The minimum absolute atomic E-state index is 0.123. The summed E-state index contributed by atoms with van der Waals surface area (Å²) in [4.78, 5) is 14.1. The smallest absolute Gasteiger partial charge is 0.306 e. The lowest BCUT2D eigenvalue weighted by Crippen LogP contribution is -2.70. The molecule has 0 spiro atoms. The Labute approximate surface area is 224 Å². The number of phenolic OH excluding ortho intramolecular Hbond substituents is 1. The summed E-state index contributed by atoms with van der Waals surface area (Å²) in [7, 11) is 0. The number of aryl methyl sites for hydroxylation is 1. The Kier molecular flexibility index (Phi) is 7.58. The molecule has 2 heterocycles. The van der Waals surface area contributed by atoms with E-state index >= 15 is 0 Å². The molecule has 206 valence electrons. The maximum absolute atomic E-state index is 12.7. The van der Waals surface area contributed by atoms with Crippen LogP contribution in [0.15, 0.2) is 36.4 Å². The molecule has 1 unspecified atom stereocenters. The lowest BCUT2D eigenvalue weighted by Gasteiger charge is -2.57. The highest BCUT2D eigenvalue weighted by molar-refractivity contribution is 5.74. The van der Waals surface area contributed by atoms with Gasteiger partial charge in [-0.15, -0.1) is 15.0 Å². The Hall–Kier alpha value is -3.01. The largest absolute Gasteiger partial charge is 0.785 e. The topological polar surface area (TPSA) is 116 Å². The van der Waals surface area contributed by atoms with E-state index in [2.05, 4.69) is 15.5 Å². The van der Waals surface area contributed by atoms with E-state index < -0.39 is 5.54 Å². The molecule has 0 bridgehead atoms. The van der Waals surface area contributed by atoms with Crippen molar-refractivity contribution < 1.29 is 14.6 Å². The van der Waals surface area contributed by atoms with Crippen molar-refractivity contribution in [2.75, 3.05) is 13.2 Å². The Morgan fingerprint density at radius 1 is 1.16 bits per heavy atom. The number of hydrogen-bond acceptors (Lipinski definition) is 8. The van der Waals surface area contributed by atoms with E-state index in [-0.39, 0.29) is 41.7 Å². The van der Waals surface area contributed by atoms with Crippen molar-refractivity contribution in [1.29, 1.82) is 0 Å². The van der Waals surface area contributed by atoms with Crippen LogP contribution >= 0.6 is 0 Å². The number of aromatic nitrogens is 3. The van der Waals surface area contributed by atoms with Crippen molar-refractivity contribution in [2.45, 2.75) is 90.3 Å². The highest BCUT2D eigenvalue weighted by Crippen LogP contribution is 2.36. The Bertz CT molecular complexity index is 1280. The van der Waals surface area contributed by atoms with Crippen LogP contribution in [0.25, 0.3) is 16.7 Å². The van der Waals surface area contributed by atoms with Crippen LogP contribution in [0, 0.1) is 5.21 Å². The molecule has 1 aliphatic rings. The van der Waals surface area contributed by atoms with Gasteiger partial charge < -0.3 is 25.4 Å². The summed E-state index contributed by atoms with van der Waals surface area (Å²) in [6.07, 6.45) is 1.08. The fraction of sp³-hybridized carbons (Fsp3) is 0.552. The van der Waals surface area contributed by atoms with Crippen molar-refractivity contribution >= 4 is 17.0 Å². The predicted molar refractivity (Wildman–Crippen MR) is 148 cm³/mol. The molecule has 1 atom stereocenters. The number of phenols is 1. The van der Waals surface area contributed by atoms with Crippen LogP contribution < -0.4 is 5.32 Å². The van der Waals surface area contributed by atoms with Crippen molar-refractivity contribution in [2.24, 2.45) is 0 Å². The number of hydrogen-bond donors (Lipinski definition) is 2. The zero-order valence-corrected chi connectivity index (χ0v) is 23.5. The standard InChI is InChI=1S/C29H40N5O4/c1-27(2,3)20-16-19(17-23(26(20)36)34-30-21-10-8-9-11-22(21)31-34)12-13-25(35)38-15-14-24-29(6,7)32-28(4,5)18-33(24)37/h8-11,16-17,24,32,36H,12-15,18H2,1-7H3/q-1. The Morgan fingerprint density at radius 3 is 2.37 bits per heavy atom. The van der Waals surface area contributed by atoms with E-state index in [9.17, 15) is 15.1 Å². The van der Waals surface area contributed by atoms with Crippen molar-refractivity contribution in [3.05, 3.63) is 52.7 Å². The second-order valence-electron chi connectivity index (χ2n) is 12.6. The van der Waals surface area contributed by atoms with Gasteiger partial charge in [0, 0.05) is 35.6 Å². The first kappa shape index (κ1) is 28.0. The predicted octanol–water partition coefficient (Wildman–Crippen LogP) is 4.62. The number of rotatable bonds is 7. The number of ether oxygens (including phenoxy) is 1. The summed E-state index contributed by atoms with van der Waals surface area (Å²) >= 11 is 0. The SMILES string of the molecule is CC1(C)CN([O-])C(CCOC(=O)CCc2cc(-n3nc4ccccc4n3)c(O)c(C(C)(C)C)c2)C(C)(C)N1. The third-order valence-electron chi connectivity index (χ3n) is 7.12. The van der Waals surface area contributed by atoms with Crippen LogP contribution in [0.4, 0.5) is 0 Å². The second-order valence-corrected chi connectivity index (χ2v) is 12.6. The average Bonchev–Trinajstić information content (AvgIpc) is 3.22. The zero-order valence-electron chi connectivity index (χ0n) is 23.5.